The Morgan fingerprint density at radius 2 is 2.11 bits per heavy atom. The topological polar surface area (TPSA) is 29.9 Å². The third-order valence-electron chi connectivity index (χ3n) is 5.72. The molecule has 6 heteroatoms. The maximum absolute atomic E-state index is 14.2. The Labute approximate surface area is 167 Å². The fourth-order valence-electron chi connectivity index (χ4n) is 4.48. The Balaban J connectivity index is 1.44. The van der Waals surface area contributed by atoms with E-state index in [1.807, 2.05) is 18.2 Å². The zero-order valence-electron chi connectivity index (χ0n) is 15.3. The molecule has 0 bridgehead atoms. The monoisotopic (exact) mass is 399 g/mol. The van der Waals surface area contributed by atoms with Crippen LogP contribution in [0.1, 0.15) is 29.8 Å². The second-order valence-electron chi connectivity index (χ2n) is 7.58. The van der Waals surface area contributed by atoms with Crippen molar-refractivity contribution >= 4 is 28.2 Å². The van der Waals surface area contributed by atoms with E-state index in [4.69, 9.17) is 16.6 Å². The zero-order valence-corrected chi connectivity index (χ0v) is 16.1. The minimum atomic E-state index is -0.416. The molecule has 2 aliphatic heterocycles. The number of nitrogens with one attached hydrogen (secondary N) is 1. The number of hydrogen-bond acceptors (Lipinski definition) is 2. The first-order chi connectivity index (χ1) is 13.6. The SMILES string of the molecule is Fc1ccc(F)c(C2=CCNC(Cc3nc4cc(Cl)cc5c4n3CCC5)C2)c1. The van der Waals surface area contributed by atoms with Crippen molar-refractivity contribution < 1.29 is 8.78 Å². The normalized spacial score (nSPS) is 19.1. The third kappa shape index (κ3) is 3.12. The van der Waals surface area contributed by atoms with Gasteiger partial charge in [0.25, 0.3) is 0 Å². The molecular weight excluding hydrogens is 380 g/mol. The molecule has 0 amide bonds. The fraction of sp³-hybridized carbons (Fsp3) is 0.318. The van der Waals surface area contributed by atoms with Gasteiger partial charge in [-0.05, 0) is 60.7 Å². The maximum Gasteiger partial charge on any atom is 0.130 e. The van der Waals surface area contributed by atoms with Gasteiger partial charge in [0, 0.05) is 36.1 Å². The summed E-state index contributed by atoms with van der Waals surface area (Å²) < 4.78 is 30.1. The van der Waals surface area contributed by atoms with E-state index >= 15 is 0 Å². The number of rotatable bonds is 3. The maximum atomic E-state index is 14.2. The molecule has 2 aromatic carbocycles. The molecule has 3 heterocycles. The summed E-state index contributed by atoms with van der Waals surface area (Å²) in [5.41, 5.74) is 4.59. The van der Waals surface area contributed by atoms with Gasteiger partial charge in [0.1, 0.15) is 17.5 Å². The zero-order chi connectivity index (χ0) is 19.3. The summed E-state index contributed by atoms with van der Waals surface area (Å²) in [6.45, 7) is 1.58. The van der Waals surface area contributed by atoms with Crippen molar-refractivity contribution in [1.29, 1.82) is 0 Å². The summed E-state index contributed by atoms with van der Waals surface area (Å²) in [5.74, 6) is 0.228. The molecule has 0 aliphatic carbocycles. The minimum Gasteiger partial charge on any atom is -0.328 e. The number of nitrogens with zero attached hydrogens (tertiary/aromatic N) is 2. The molecule has 0 saturated heterocycles. The third-order valence-corrected chi connectivity index (χ3v) is 5.94. The second-order valence-corrected chi connectivity index (χ2v) is 8.02. The summed E-state index contributed by atoms with van der Waals surface area (Å²) in [4.78, 5) is 4.85. The molecule has 0 saturated carbocycles. The number of aromatic nitrogens is 2. The van der Waals surface area contributed by atoms with Crippen LogP contribution in [-0.4, -0.2) is 22.1 Å². The first-order valence-electron chi connectivity index (χ1n) is 9.64. The molecule has 1 atom stereocenters. The molecule has 0 radical (unpaired) electrons. The van der Waals surface area contributed by atoms with Gasteiger partial charge in [-0.2, -0.15) is 0 Å². The Bertz CT molecular complexity index is 1100. The predicted molar refractivity (Wildman–Crippen MR) is 108 cm³/mol. The average molecular weight is 400 g/mol. The number of aryl methyl sites for hydroxylation is 2. The highest BCUT2D eigenvalue weighted by molar-refractivity contribution is 6.31. The summed E-state index contributed by atoms with van der Waals surface area (Å²) in [5, 5.41) is 4.19. The molecule has 1 unspecified atom stereocenters. The quantitative estimate of drug-likeness (QED) is 0.678. The predicted octanol–water partition coefficient (Wildman–Crippen LogP) is 4.90. The molecule has 2 aliphatic rings. The van der Waals surface area contributed by atoms with Crippen molar-refractivity contribution in [2.45, 2.75) is 38.3 Å². The summed E-state index contributed by atoms with van der Waals surface area (Å²) in [7, 11) is 0. The van der Waals surface area contributed by atoms with Gasteiger partial charge >= 0.3 is 0 Å². The van der Waals surface area contributed by atoms with E-state index in [9.17, 15) is 8.78 Å². The van der Waals surface area contributed by atoms with Gasteiger partial charge < -0.3 is 9.88 Å². The van der Waals surface area contributed by atoms with Crippen LogP contribution in [0.3, 0.4) is 0 Å². The Morgan fingerprint density at radius 1 is 1.21 bits per heavy atom. The van der Waals surface area contributed by atoms with E-state index in [-0.39, 0.29) is 11.9 Å². The highest BCUT2D eigenvalue weighted by Gasteiger charge is 2.24. The molecular formula is C22H20ClF2N3. The van der Waals surface area contributed by atoms with Crippen molar-refractivity contribution in [3.63, 3.8) is 0 Å². The van der Waals surface area contributed by atoms with Crippen LogP contribution in [0.4, 0.5) is 8.78 Å². The number of benzene rings is 2. The van der Waals surface area contributed by atoms with Crippen LogP contribution in [0, 0.1) is 11.6 Å². The van der Waals surface area contributed by atoms with Gasteiger partial charge in [-0.1, -0.05) is 17.7 Å². The standard InChI is InChI=1S/C22H20ClF2N3/c23-15-8-14-2-1-7-28-21(27-20(10-15)22(14)28)12-17-9-13(5-6-26-17)18-11-16(24)3-4-19(18)25/h3-5,8,10-11,17,26H,1-2,6-7,9,12H2. The Kier molecular flexibility index (Phi) is 4.44. The van der Waals surface area contributed by atoms with Crippen molar-refractivity contribution in [2.24, 2.45) is 0 Å². The molecule has 3 aromatic rings. The first-order valence-corrected chi connectivity index (χ1v) is 10.0. The van der Waals surface area contributed by atoms with Crippen LogP contribution in [0.5, 0.6) is 0 Å². The highest BCUT2D eigenvalue weighted by Crippen LogP contribution is 2.31. The lowest BCUT2D eigenvalue weighted by Crippen LogP contribution is -2.35. The van der Waals surface area contributed by atoms with Crippen LogP contribution in [0.2, 0.25) is 5.02 Å². The lowest BCUT2D eigenvalue weighted by Gasteiger charge is -2.25. The van der Waals surface area contributed by atoms with E-state index in [1.54, 1.807) is 0 Å². The van der Waals surface area contributed by atoms with E-state index in [0.717, 1.165) is 53.8 Å². The van der Waals surface area contributed by atoms with Crippen LogP contribution in [0.15, 0.2) is 36.4 Å². The lowest BCUT2D eigenvalue weighted by atomic mass is 9.93. The molecule has 28 heavy (non-hydrogen) atoms. The minimum absolute atomic E-state index is 0.122. The lowest BCUT2D eigenvalue weighted by molar-refractivity contribution is 0.499. The van der Waals surface area contributed by atoms with Gasteiger partial charge in [0.05, 0.1) is 11.0 Å². The molecule has 1 aromatic heterocycles. The smallest absolute Gasteiger partial charge is 0.130 e. The number of imidazole rings is 1. The molecule has 3 nitrogen and oxygen atoms in total. The van der Waals surface area contributed by atoms with Gasteiger partial charge in [-0.3, -0.25) is 0 Å². The summed E-state index contributed by atoms with van der Waals surface area (Å²) in [6, 6.07) is 7.72. The molecule has 1 N–H and O–H groups in total. The largest absolute Gasteiger partial charge is 0.328 e. The average Bonchev–Trinajstić information content (AvgIpc) is 3.02. The number of halogens is 3. The summed E-state index contributed by atoms with van der Waals surface area (Å²) >= 11 is 6.26. The van der Waals surface area contributed by atoms with Gasteiger partial charge in [0.2, 0.25) is 0 Å². The van der Waals surface area contributed by atoms with Crippen LogP contribution in [0.25, 0.3) is 16.6 Å². The van der Waals surface area contributed by atoms with Gasteiger partial charge in [-0.25, -0.2) is 13.8 Å². The fourth-order valence-corrected chi connectivity index (χ4v) is 4.71. The molecule has 144 valence electrons. The van der Waals surface area contributed by atoms with E-state index in [1.165, 1.54) is 23.2 Å². The van der Waals surface area contributed by atoms with Crippen molar-refractivity contribution in [1.82, 2.24) is 14.9 Å². The van der Waals surface area contributed by atoms with Crippen molar-refractivity contribution in [2.75, 3.05) is 6.54 Å². The highest BCUT2D eigenvalue weighted by atomic mass is 35.5. The van der Waals surface area contributed by atoms with Gasteiger partial charge in [-0.15, -0.1) is 0 Å². The Morgan fingerprint density at radius 3 is 3.00 bits per heavy atom. The van der Waals surface area contributed by atoms with Crippen LogP contribution < -0.4 is 5.32 Å². The summed E-state index contributed by atoms with van der Waals surface area (Å²) in [6.07, 6.45) is 5.41. The van der Waals surface area contributed by atoms with E-state index < -0.39 is 5.82 Å². The van der Waals surface area contributed by atoms with Crippen LogP contribution in [-0.2, 0) is 19.4 Å². The van der Waals surface area contributed by atoms with E-state index in [0.29, 0.717) is 18.5 Å². The first kappa shape index (κ1) is 17.8. The molecule has 0 fully saturated rings. The van der Waals surface area contributed by atoms with Gasteiger partial charge in [0.15, 0.2) is 0 Å². The van der Waals surface area contributed by atoms with Crippen LogP contribution >= 0.6 is 11.6 Å². The second kappa shape index (κ2) is 6.98. The van der Waals surface area contributed by atoms with Crippen molar-refractivity contribution in [3.8, 4) is 0 Å². The Hall–Kier alpha value is -2.24. The molecule has 0 spiro atoms. The van der Waals surface area contributed by atoms with E-state index in [2.05, 4.69) is 9.88 Å². The van der Waals surface area contributed by atoms with Crippen molar-refractivity contribution in [3.05, 3.63) is 70.0 Å². The number of hydrogen-bond donors (Lipinski definition) is 1. The molecule has 5 rings (SSSR count).